The molecule has 0 atom stereocenters. The van der Waals surface area contributed by atoms with E-state index >= 15 is 0 Å². The molecule has 0 aliphatic carbocycles. The minimum absolute atomic E-state index is 0.291. The molecule has 19 heavy (non-hydrogen) atoms. The molecule has 1 aliphatic heterocycles. The summed E-state index contributed by atoms with van der Waals surface area (Å²) in [4.78, 5) is 7.90. The Bertz CT molecular complexity index is 557. The number of hydrogen-bond donors (Lipinski definition) is 1. The molecule has 100 valence electrons. The summed E-state index contributed by atoms with van der Waals surface area (Å²) in [7, 11) is 0. The molecule has 0 unspecified atom stereocenters. The molecule has 0 amide bonds. The smallest absolute Gasteiger partial charge is 0.240 e. The average Bonchev–Trinajstić information content (AvgIpc) is 2.80. The van der Waals surface area contributed by atoms with E-state index in [-0.39, 0.29) is 0 Å². The SMILES string of the molecule is NCc1nc(CN2CCCSc3ccccc32)no1. The van der Waals surface area contributed by atoms with Gasteiger partial charge in [0.05, 0.1) is 18.8 Å². The maximum atomic E-state index is 5.48. The van der Waals surface area contributed by atoms with E-state index in [1.54, 1.807) is 0 Å². The first kappa shape index (κ1) is 12.5. The number of aromatic nitrogens is 2. The lowest BCUT2D eigenvalue weighted by atomic mass is 10.2. The predicted molar refractivity (Wildman–Crippen MR) is 75.0 cm³/mol. The van der Waals surface area contributed by atoms with Crippen molar-refractivity contribution >= 4 is 17.4 Å². The van der Waals surface area contributed by atoms with Crippen molar-refractivity contribution in [3.63, 3.8) is 0 Å². The van der Waals surface area contributed by atoms with Crippen LogP contribution in [0.2, 0.25) is 0 Å². The number of nitrogens with zero attached hydrogens (tertiary/aromatic N) is 3. The largest absolute Gasteiger partial charge is 0.363 e. The van der Waals surface area contributed by atoms with Crippen LogP contribution in [0.4, 0.5) is 5.69 Å². The second-order valence-electron chi connectivity index (χ2n) is 4.40. The van der Waals surface area contributed by atoms with Gasteiger partial charge in [-0.2, -0.15) is 4.98 Å². The van der Waals surface area contributed by atoms with Crippen molar-refractivity contribution in [2.24, 2.45) is 5.73 Å². The van der Waals surface area contributed by atoms with Crippen LogP contribution in [0.5, 0.6) is 0 Å². The van der Waals surface area contributed by atoms with E-state index < -0.39 is 0 Å². The summed E-state index contributed by atoms with van der Waals surface area (Å²) >= 11 is 1.91. The van der Waals surface area contributed by atoms with Crippen molar-refractivity contribution in [1.82, 2.24) is 10.1 Å². The lowest BCUT2D eigenvalue weighted by Gasteiger charge is -2.22. The van der Waals surface area contributed by atoms with Gasteiger partial charge in [-0.25, -0.2) is 0 Å². The zero-order valence-electron chi connectivity index (χ0n) is 10.6. The number of benzene rings is 1. The number of nitrogens with two attached hydrogens (primary N) is 1. The van der Waals surface area contributed by atoms with E-state index in [2.05, 4.69) is 39.3 Å². The highest BCUT2D eigenvalue weighted by Gasteiger charge is 2.17. The van der Waals surface area contributed by atoms with Crippen LogP contribution in [0.1, 0.15) is 18.1 Å². The number of thioether (sulfide) groups is 1. The second-order valence-corrected chi connectivity index (χ2v) is 5.54. The highest BCUT2D eigenvalue weighted by Crippen LogP contribution is 2.33. The monoisotopic (exact) mass is 276 g/mol. The third kappa shape index (κ3) is 2.74. The molecule has 3 rings (SSSR count). The van der Waals surface area contributed by atoms with Crippen LogP contribution in [0.15, 0.2) is 33.7 Å². The topological polar surface area (TPSA) is 68.2 Å². The quantitative estimate of drug-likeness (QED) is 0.925. The molecule has 0 bridgehead atoms. The van der Waals surface area contributed by atoms with Gasteiger partial charge in [0.1, 0.15) is 0 Å². The number of hydrogen-bond acceptors (Lipinski definition) is 6. The Hall–Kier alpha value is -1.53. The first-order chi connectivity index (χ1) is 9.36. The van der Waals surface area contributed by atoms with Gasteiger partial charge in [-0.05, 0) is 24.3 Å². The summed E-state index contributed by atoms with van der Waals surface area (Å²) in [6, 6.07) is 8.47. The van der Waals surface area contributed by atoms with E-state index in [0.29, 0.717) is 24.8 Å². The van der Waals surface area contributed by atoms with Gasteiger partial charge in [0.25, 0.3) is 0 Å². The normalized spacial score (nSPS) is 15.1. The van der Waals surface area contributed by atoms with Crippen molar-refractivity contribution in [3.05, 3.63) is 36.0 Å². The summed E-state index contributed by atoms with van der Waals surface area (Å²) in [6.45, 7) is 1.97. The fraction of sp³-hybridized carbons (Fsp3) is 0.385. The predicted octanol–water partition coefficient (Wildman–Crippen LogP) is 2.03. The van der Waals surface area contributed by atoms with Crippen LogP contribution in [-0.2, 0) is 13.1 Å². The molecule has 2 aromatic rings. The number of para-hydroxylation sites is 1. The van der Waals surface area contributed by atoms with Gasteiger partial charge in [0.15, 0.2) is 5.82 Å². The van der Waals surface area contributed by atoms with Crippen molar-refractivity contribution in [2.45, 2.75) is 24.4 Å². The highest BCUT2D eigenvalue weighted by molar-refractivity contribution is 7.99. The molecule has 0 saturated carbocycles. The molecule has 2 heterocycles. The van der Waals surface area contributed by atoms with Crippen LogP contribution >= 0.6 is 11.8 Å². The van der Waals surface area contributed by atoms with Gasteiger partial charge >= 0.3 is 0 Å². The van der Waals surface area contributed by atoms with Crippen LogP contribution in [0.3, 0.4) is 0 Å². The molecule has 0 radical (unpaired) electrons. The Morgan fingerprint density at radius 3 is 3.11 bits per heavy atom. The molecular formula is C13H16N4OS. The summed E-state index contributed by atoms with van der Waals surface area (Å²) in [5.74, 6) is 2.34. The summed E-state index contributed by atoms with van der Waals surface area (Å²) in [5.41, 5.74) is 6.74. The first-order valence-electron chi connectivity index (χ1n) is 6.35. The van der Waals surface area contributed by atoms with Gasteiger partial charge in [0.2, 0.25) is 5.89 Å². The van der Waals surface area contributed by atoms with Crippen LogP contribution in [-0.4, -0.2) is 22.4 Å². The Morgan fingerprint density at radius 1 is 1.37 bits per heavy atom. The van der Waals surface area contributed by atoms with Crippen LogP contribution in [0, 0.1) is 0 Å². The third-order valence-electron chi connectivity index (χ3n) is 3.05. The highest BCUT2D eigenvalue weighted by atomic mass is 32.2. The van der Waals surface area contributed by atoms with E-state index in [1.807, 2.05) is 11.8 Å². The molecule has 1 aromatic heterocycles. The van der Waals surface area contributed by atoms with Gasteiger partial charge < -0.3 is 15.2 Å². The van der Waals surface area contributed by atoms with E-state index in [0.717, 1.165) is 18.7 Å². The Morgan fingerprint density at radius 2 is 2.26 bits per heavy atom. The fourth-order valence-electron chi connectivity index (χ4n) is 2.17. The van der Waals surface area contributed by atoms with Crippen molar-refractivity contribution < 1.29 is 4.52 Å². The zero-order chi connectivity index (χ0) is 13.1. The van der Waals surface area contributed by atoms with Crippen molar-refractivity contribution in [3.8, 4) is 0 Å². The van der Waals surface area contributed by atoms with Gasteiger partial charge in [0, 0.05) is 11.4 Å². The molecule has 1 aliphatic rings. The Labute approximate surface area is 116 Å². The zero-order valence-corrected chi connectivity index (χ0v) is 11.4. The van der Waals surface area contributed by atoms with Crippen LogP contribution in [0.25, 0.3) is 0 Å². The Balaban J connectivity index is 1.83. The molecular weight excluding hydrogens is 260 g/mol. The standard InChI is InChI=1S/C13H16N4OS/c14-8-13-15-12(16-18-13)9-17-6-3-7-19-11-5-2-1-4-10(11)17/h1-2,4-5H,3,6-9,14H2. The molecule has 2 N–H and O–H groups in total. The molecule has 0 spiro atoms. The Kier molecular flexibility index (Phi) is 3.70. The van der Waals surface area contributed by atoms with Crippen molar-refractivity contribution in [1.29, 1.82) is 0 Å². The van der Waals surface area contributed by atoms with Crippen LogP contribution < -0.4 is 10.6 Å². The van der Waals surface area contributed by atoms with Gasteiger partial charge in [-0.15, -0.1) is 11.8 Å². The minimum Gasteiger partial charge on any atom is -0.363 e. The molecule has 5 nitrogen and oxygen atoms in total. The minimum atomic E-state index is 0.291. The maximum absolute atomic E-state index is 5.48. The van der Waals surface area contributed by atoms with E-state index in [9.17, 15) is 0 Å². The van der Waals surface area contributed by atoms with Crippen molar-refractivity contribution in [2.75, 3.05) is 17.2 Å². The summed E-state index contributed by atoms with van der Waals surface area (Å²) < 4.78 is 5.06. The lowest BCUT2D eigenvalue weighted by Crippen LogP contribution is -2.24. The second kappa shape index (κ2) is 5.63. The molecule has 1 aromatic carbocycles. The van der Waals surface area contributed by atoms with E-state index in [1.165, 1.54) is 10.6 Å². The summed E-state index contributed by atoms with van der Waals surface area (Å²) in [5, 5.41) is 3.97. The molecule has 6 heteroatoms. The molecule has 0 saturated heterocycles. The number of anilines is 1. The van der Waals surface area contributed by atoms with Gasteiger partial charge in [-0.3, -0.25) is 0 Å². The number of rotatable bonds is 3. The lowest BCUT2D eigenvalue weighted by molar-refractivity contribution is 0.374. The summed E-state index contributed by atoms with van der Waals surface area (Å²) in [6.07, 6.45) is 1.15. The van der Waals surface area contributed by atoms with Gasteiger partial charge in [-0.1, -0.05) is 17.3 Å². The first-order valence-corrected chi connectivity index (χ1v) is 7.33. The fourth-order valence-corrected chi connectivity index (χ4v) is 3.18. The molecule has 0 fully saturated rings. The van der Waals surface area contributed by atoms with E-state index in [4.69, 9.17) is 10.3 Å². The third-order valence-corrected chi connectivity index (χ3v) is 4.20. The number of fused-ring (bicyclic) bond motifs is 1. The average molecular weight is 276 g/mol. The maximum Gasteiger partial charge on any atom is 0.240 e.